The molecule has 0 aliphatic rings. The maximum atomic E-state index is 12.3. The van der Waals surface area contributed by atoms with Crippen LogP contribution < -0.4 is 0 Å². The smallest absolute Gasteiger partial charge is 0.294 e. The van der Waals surface area contributed by atoms with Gasteiger partial charge in [-0.15, -0.1) is 0 Å². The van der Waals surface area contributed by atoms with Gasteiger partial charge in [0.2, 0.25) is 5.78 Å². The number of hydrogen-bond acceptors (Lipinski definition) is 2. The van der Waals surface area contributed by atoms with Gasteiger partial charge in [-0.2, -0.15) is 8.78 Å². The molecular formula is C10H7ClF2O2. The largest absolute Gasteiger partial charge is 0.380 e. The van der Waals surface area contributed by atoms with Crippen LogP contribution in [-0.4, -0.2) is 16.9 Å². The maximum Gasteiger partial charge on any atom is 0.380 e. The summed E-state index contributed by atoms with van der Waals surface area (Å²) in [6.45, 7) is 0. The highest BCUT2D eigenvalue weighted by Crippen LogP contribution is 2.22. The van der Waals surface area contributed by atoms with Crippen molar-refractivity contribution in [2.24, 2.45) is 0 Å². The highest BCUT2D eigenvalue weighted by molar-refractivity contribution is 6.34. The summed E-state index contributed by atoms with van der Waals surface area (Å²) in [6.07, 6.45) is -0.888. The Hall–Kier alpha value is -1.29. The van der Waals surface area contributed by atoms with Gasteiger partial charge in [0.25, 0.3) is 0 Å². The Morgan fingerprint density at radius 1 is 1.20 bits per heavy atom. The van der Waals surface area contributed by atoms with Crippen molar-refractivity contribution < 1.29 is 18.4 Å². The van der Waals surface area contributed by atoms with E-state index in [1.54, 1.807) is 18.2 Å². The van der Waals surface area contributed by atoms with E-state index in [0.29, 0.717) is 0 Å². The summed E-state index contributed by atoms with van der Waals surface area (Å²) in [6, 6.07) is 7.73. The fraction of sp³-hybridized carbons (Fsp3) is 0.200. The van der Waals surface area contributed by atoms with Crippen molar-refractivity contribution in [1.29, 1.82) is 0 Å². The molecule has 5 heteroatoms. The second kappa shape index (κ2) is 4.49. The third kappa shape index (κ3) is 3.40. The zero-order valence-electron chi connectivity index (χ0n) is 7.54. The minimum atomic E-state index is -3.97. The molecule has 0 radical (unpaired) electrons. The second-order valence-electron chi connectivity index (χ2n) is 2.89. The second-order valence-corrected chi connectivity index (χ2v) is 3.36. The van der Waals surface area contributed by atoms with Crippen molar-refractivity contribution in [3.8, 4) is 0 Å². The van der Waals surface area contributed by atoms with Gasteiger partial charge in [-0.1, -0.05) is 30.3 Å². The lowest BCUT2D eigenvalue weighted by Crippen LogP contribution is -2.24. The van der Waals surface area contributed by atoms with Crippen LogP contribution in [0, 0.1) is 0 Å². The van der Waals surface area contributed by atoms with Gasteiger partial charge in [0.15, 0.2) is 5.78 Å². The molecule has 0 spiro atoms. The third-order valence-corrected chi connectivity index (χ3v) is 1.94. The number of halogens is 3. The predicted molar refractivity (Wildman–Crippen MR) is 51.2 cm³/mol. The minimum Gasteiger partial charge on any atom is -0.294 e. The first kappa shape index (κ1) is 11.8. The van der Waals surface area contributed by atoms with Crippen LogP contribution in [0.25, 0.3) is 0 Å². The van der Waals surface area contributed by atoms with E-state index < -0.39 is 23.4 Å². The number of alkyl halides is 3. The van der Waals surface area contributed by atoms with E-state index in [-0.39, 0.29) is 5.56 Å². The van der Waals surface area contributed by atoms with Crippen LogP contribution in [-0.2, 0) is 4.79 Å². The standard InChI is InChI=1S/C10H7ClF2O2/c11-10(12,13)9(15)6-8(14)7-4-2-1-3-5-7/h1-5H,6H2. The van der Waals surface area contributed by atoms with Gasteiger partial charge in [0, 0.05) is 5.56 Å². The molecular weight excluding hydrogens is 226 g/mol. The van der Waals surface area contributed by atoms with Crippen LogP contribution in [0.5, 0.6) is 0 Å². The van der Waals surface area contributed by atoms with Crippen molar-refractivity contribution in [1.82, 2.24) is 0 Å². The number of Topliss-reactive ketones (excluding diaryl/α,β-unsaturated/α-hetero) is 2. The molecule has 1 aromatic rings. The summed E-state index contributed by atoms with van der Waals surface area (Å²) in [4.78, 5) is 22.0. The van der Waals surface area contributed by atoms with Crippen molar-refractivity contribution in [2.45, 2.75) is 11.8 Å². The monoisotopic (exact) mass is 232 g/mol. The lowest BCUT2D eigenvalue weighted by molar-refractivity contribution is -0.132. The molecule has 1 aromatic carbocycles. The number of benzene rings is 1. The van der Waals surface area contributed by atoms with Gasteiger partial charge in [-0.3, -0.25) is 9.59 Å². The SMILES string of the molecule is O=C(CC(=O)C(F)(F)Cl)c1ccccc1. The van der Waals surface area contributed by atoms with Crippen LogP contribution in [0.1, 0.15) is 16.8 Å². The first-order valence-electron chi connectivity index (χ1n) is 4.09. The Morgan fingerprint density at radius 2 is 1.73 bits per heavy atom. The van der Waals surface area contributed by atoms with Crippen LogP contribution in [0.15, 0.2) is 30.3 Å². The van der Waals surface area contributed by atoms with E-state index in [1.807, 2.05) is 0 Å². The molecule has 80 valence electrons. The lowest BCUT2D eigenvalue weighted by Gasteiger charge is -2.05. The fourth-order valence-electron chi connectivity index (χ4n) is 0.972. The van der Waals surface area contributed by atoms with Crippen LogP contribution >= 0.6 is 11.6 Å². The van der Waals surface area contributed by atoms with E-state index in [1.165, 1.54) is 12.1 Å². The van der Waals surface area contributed by atoms with E-state index >= 15 is 0 Å². The molecule has 1 rings (SSSR count). The average molecular weight is 233 g/mol. The van der Waals surface area contributed by atoms with Gasteiger partial charge < -0.3 is 0 Å². The van der Waals surface area contributed by atoms with Crippen LogP contribution in [0.4, 0.5) is 8.78 Å². The van der Waals surface area contributed by atoms with Gasteiger partial charge in [0.05, 0.1) is 6.42 Å². The summed E-state index contributed by atoms with van der Waals surface area (Å²) < 4.78 is 24.5. The molecule has 0 bridgehead atoms. The Balaban J connectivity index is 2.70. The van der Waals surface area contributed by atoms with Crippen molar-refractivity contribution >= 4 is 23.2 Å². The summed E-state index contributed by atoms with van der Waals surface area (Å²) >= 11 is 4.48. The van der Waals surface area contributed by atoms with Crippen molar-refractivity contribution in [3.63, 3.8) is 0 Å². The Kier molecular flexibility index (Phi) is 3.52. The van der Waals surface area contributed by atoms with E-state index in [0.717, 1.165) is 0 Å². The molecule has 0 saturated carbocycles. The molecule has 0 saturated heterocycles. The molecule has 0 aromatic heterocycles. The molecule has 0 fully saturated rings. The topological polar surface area (TPSA) is 34.1 Å². The number of rotatable bonds is 4. The number of carbonyl (C=O) groups excluding carboxylic acids is 2. The highest BCUT2D eigenvalue weighted by Gasteiger charge is 2.36. The quantitative estimate of drug-likeness (QED) is 0.454. The van der Waals surface area contributed by atoms with E-state index in [2.05, 4.69) is 11.6 Å². The first-order valence-corrected chi connectivity index (χ1v) is 4.47. The lowest BCUT2D eigenvalue weighted by atomic mass is 10.1. The van der Waals surface area contributed by atoms with Crippen molar-refractivity contribution in [2.75, 3.05) is 0 Å². The molecule has 15 heavy (non-hydrogen) atoms. The van der Waals surface area contributed by atoms with Crippen molar-refractivity contribution in [3.05, 3.63) is 35.9 Å². The third-order valence-electron chi connectivity index (χ3n) is 1.73. The molecule has 0 atom stereocenters. The summed E-state index contributed by atoms with van der Waals surface area (Å²) in [5.41, 5.74) is 0.215. The van der Waals surface area contributed by atoms with Crippen LogP contribution in [0.2, 0.25) is 0 Å². The minimum absolute atomic E-state index is 0.215. The number of hydrogen-bond donors (Lipinski definition) is 0. The van der Waals surface area contributed by atoms with Gasteiger partial charge >= 0.3 is 5.38 Å². The fourth-order valence-corrected chi connectivity index (χ4v) is 1.04. The molecule has 0 N–H and O–H groups in total. The molecule has 0 amide bonds. The van der Waals surface area contributed by atoms with E-state index in [9.17, 15) is 18.4 Å². The van der Waals surface area contributed by atoms with Crippen LogP contribution in [0.3, 0.4) is 0 Å². The molecule has 0 aliphatic heterocycles. The predicted octanol–water partition coefficient (Wildman–Crippen LogP) is 2.66. The first-order chi connectivity index (χ1) is 6.91. The highest BCUT2D eigenvalue weighted by atomic mass is 35.5. The average Bonchev–Trinajstić information content (AvgIpc) is 2.17. The Bertz CT molecular complexity index is 371. The molecule has 0 heterocycles. The maximum absolute atomic E-state index is 12.3. The summed E-state index contributed by atoms with van der Waals surface area (Å²) in [5.74, 6) is -2.25. The molecule has 0 unspecified atom stereocenters. The summed E-state index contributed by atoms with van der Waals surface area (Å²) in [7, 11) is 0. The number of ketones is 2. The normalized spacial score (nSPS) is 11.1. The zero-order chi connectivity index (χ0) is 11.5. The van der Waals surface area contributed by atoms with Gasteiger partial charge in [0.1, 0.15) is 0 Å². The zero-order valence-corrected chi connectivity index (χ0v) is 8.30. The molecule has 2 nitrogen and oxygen atoms in total. The number of carbonyl (C=O) groups is 2. The van der Waals surface area contributed by atoms with Gasteiger partial charge in [-0.05, 0) is 11.6 Å². The Labute approximate surface area is 89.8 Å². The summed E-state index contributed by atoms with van der Waals surface area (Å²) in [5, 5.41) is -3.97. The Morgan fingerprint density at radius 3 is 2.20 bits per heavy atom. The van der Waals surface area contributed by atoms with E-state index in [4.69, 9.17) is 0 Å². The molecule has 0 aliphatic carbocycles. The van der Waals surface area contributed by atoms with Gasteiger partial charge in [-0.25, -0.2) is 0 Å².